The number of benzene rings is 1. The zero-order valence-electron chi connectivity index (χ0n) is 12.6. The molecule has 2 aromatic rings. The molecule has 0 saturated carbocycles. The molecule has 0 spiro atoms. The second-order valence-electron chi connectivity index (χ2n) is 5.08. The van der Waals surface area contributed by atoms with Crippen LogP contribution in [0.5, 0.6) is 0 Å². The van der Waals surface area contributed by atoms with Crippen molar-refractivity contribution >= 4 is 11.6 Å². The Morgan fingerprint density at radius 3 is 2.71 bits per heavy atom. The van der Waals surface area contributed by atoms with E-state index in [-0.39, 0.29) is 5.91 Å². The topological polar surface area (TPSA) is 64.2 Å². The van der Waals surface area contributed by atoms with Gasteiger partial charge in [0.1, 0.15) is 5.69 Å². The second-order valence-corrected chi connectivity index (χ2v) is 5.08. The molecule has 2 rings (SSSR count). The minimum Gasteiger partial charge on any atom is -0.396 e. The third-order valence-electron chi connectivity index (χ3n) is 3.52. The quantitative estimate of drug-likeness (QED) is 0.885. The molecule has 2 N–H and O–H groups in total. The van der Waals surface area contributed by atoms with Crippen molar-refractivity contribution in [3.05, 3.63) is 47.8 Å². The van der Waals surface area contributed by atoms with Gasteiger partial charge in [-0.2, -0.15) is 5.10 Å². The molecule has 0 unspecified atom stereocenters. The SMILES string of the molecule is CCn1ncc(N)c1C(=O)N(C)CCCc1ccccc1. The van der Waals surface area contributed by atoms with E-state index in [2.05, 4.69) is 17.2 Å². The highest BCUT2D eigenvalue weighted by atomic mass is 16.2. The van der Waals surface area contributed by atoms with Gasteiger partial charge in [0.15, 0.2) is 0 Å². The van der Waals surface area contributed by atoms with Gasteiger partial charge in [-0.3, -0.25) is 9.48 Å². The molecule has 0 radical (unpaired) electrons. The smallest absolute Gasteiger partial charge is 0.274 e. The van der Waals surface area contributed by atoms with Crippen molar-refractivity contribution in [3.8, 4) is 0 Å². The molecule has 21 heavy (non-hydrogen) atoms. The van der Waals surface area contributed by atoms with E-state index >= 15 is 0 Å². The molecule has 1 aromatic carbocycles. The average Bonchev–Trinajstić information content (AvgIpc) is 2.88. The molecular weight excluding hydrogens is 264 g/mol. The van der Waals surface area contributed by atoms with Crippen LogP contribution in [0.2, 0.25) is 0 Å². The third-order valence-corrected chi connectivity index (χ3v) is 3.52. The molecule has 0 bridgehead atoms. The van der Waals surface area contributed by atoms with Gasteiger partial charge in [-0.25, -0.2) is 0 Å². The number of carbonyl (C=O) groups is 1. The van der Waals surface area contributed by atoms with Gasteiger partial charge in [0.2, 0.25) is 0 Å². The fourth-order valence-corrected chi connectivity index (χ4v) is 2.32. The summed E-state index contributed by atoms with van der Waals surface area (Å²) in [5, 5.41) is 4.11. The Labute approximate surface area is 125 Å². The molecule has 1 aromatic heterocycles. The highest BCUT2D eigenvalue weighted by Crippen LogP contribution is 2.13. The van der Waals surface area contributed by atoms with Crippen LogP contribution in [0.1, 0.15) is 29.4 Å². The minimum atomic E-state index is -0.0695. The van der Waals surface area contributed by atoms with Crippen molar-refractivity contribution in [2.45, 2.75) is 26.3 Å². The number of amides is 1. The van der Waals surface area contributed by atoms with Gasteiger partial charge in [0.05, 0.1) is 11.9 Å². The lowest BCUT2D eigenvalue weighted by molar-refractivity contribution is 0.0782. The van der Waals surface area contributed by atoms with Crippen molar-refractivity contribution in [2.75, 3.05) is 19.3 Å². The number of aromatic nitrogens is 2. The normalized spacial score (nSPS) is 10.6. The Morgan fingerprint density at radius 1 is 1.33 bits per heavy atom. The highest BCUT2D eigenvalue weighted by molar-refractivity contribution is 5.97. The first-order chi connectivity index (χ1) is 10.1. The predicted molar refractivity (Wildman–Crippen MR) is 84.0 cm³/mol. The molecular formula is C16H22N4O. The maximum atomic E-state index is 12.4. The number of carbonyl (C=O) groups excluding carboxylic acids is 1. The standard InChI is InChI=1S/C16H22N4O/c1-3-20-15(14(17)12-18-20)16(21)19(2)11-7-10-13-8-5-4-6-9-13/h4-6,8-9,12H,3,7,10-11,17H2,1-2H3. The molecule has 1 amide bonds. The first-order valence-corrected chi connectivity index (χ1v) is 7.24. The molecule has 0 fully saturated rings. The van der Waals surface area contributed by atoms with Gasteiger partial charge >= 0.3 is 0 Å². The lowest BCUT2D eigenvalue weighted by atomic mass is 10.1. The van der Waals surface area contributed by atoms with Crippen LogP contribution >= 0.6 is 0 Å². The minimum absolute atomic E-state index is 0.0695. The van der Waals surface area contributed by atoms with Crippen LogP contribution in [0, 0.1) is 0 Å². The van der Waals surface area contributed by atoms with E-state index in [1.54, 1.807) is 16.6 Å². The van der Waals surface area contributed by atoms with Gasteiger partial charge < -0.3 is 10.6 Å². The molecule has 0 saturated heterocycles. The van der Waals surface area contributed by atoms with E-state index in [9.17, 15) is 4.79 Å². The van der Waals surface area contributed by atoms with E-state index in [1.165, 1.54) is 11.8 Å². The van der Waals surface area contributed by atoms with Gasteiger partial charge in [-0.05, 0) is 25.3 Å². The number of rotatable bonds is 6. The van der Waals surface area contributed by atoms with Crippen LogP contribution in [-0.2, 0) is 13.0 Å². The molecule has 0 aliphatic heterocycles. The van der Waals surface area contributed by atoms with E-state index < -0.39 is 0 Å². The maximum Gasteiger partial charge on any atom is 0.274 e. The van der Waals surface area contributed by atoms with E-state index in [0.29, 0.717) is 24.5 Å². The van der Waals surface area contributed by atoms with Crippen LogP contribution in [0.15, 0.2) is 36.5 Å². The molecule has 112 valence electrons. The molecule has 0 aliphatic carbocycles. The number of anilines is 1. The Morgan fingerprint density at radius 2 is 2.05 bits per heavy atom. The van der Waals surface area contributed by atoms with E-state index in [1.807, 2.05) is 25.1 Å². The van der Waals surface area contributed by atoms with Gasteiger partial charge in [0.25, 0.3) is 5.91 Å². The van der Waals surface area contributed by atoms with Crippen LogP contribution in [-0.4, -0.2) is 34.2 Å². The summed E-state index contributed by atoms with van der Waals surface area (Å²) in [6.07, 6.45) is 3.42. The van der Waals surface area contributed by atoms with E-state index in [0.717, 1.165) is 12.8 Å². The summed E-state index contributed by atoms with van der Waals surface area (Å²) in [7, 11) is 1.81. The number of nitrogen functional groups attached to an aromatic ring is 1. The third kappa shape index (κ3) is 3.62. The largest absolute Gasteiger partial charge is 0.396 e. The fourth-order valence-electron chi connectivity index (χ4n) is 2.32. The Balaban J connectivity index is 1.92. The number of aryl methyl sites for hydroxylation is 2. The molecule has 0 aliphatic rings. The molecule has 1 heterocycles. The lowest BCUT2D eigenvalue weighted by Crippen LogP contribution is -2.30. The summed E-state index contributed by atoms with van der Waals surface area (Å²) in [6, 6.07) is 10.3. The molecule has 5 nitrogen and oxygen atoms in total. The van der Waals surface area contributed by atoms with Crippen molar-refractivity contribution < 1.29 is 4.79 Å². The lowest BCUT2D eigenvalue weighted by Gasteiger charge is -2.18. The summed E-state index contributed by atoms with van der Waals surface area (Å²) in [5.74, 6) is -0.0695. The maximum absolute atomic E-state index is 12.4. The number of hydrogen-bond donors (Lipinski definition) is 1. The van der Waals surface area contributed by atoms with Crippen molar-refractivity contribution in [1.82, 2.24) is 14.7 Å². The number of nitrogens with zero attached hydrogens (tertiary/aromatic N) is 3. The first kappa shape index (κ1) is 15.1. The zero-order chi connectivity index (χ0) is 15.2. The van der Waals surface area contributed by atoms with Crippen LogP contribution in [0.3, 0.4) is 0 Å². The van der Waals surface area contributed by atoms with Gasteiger partial charge in [-0.1, -0.05) is 30.3 Å². The van der Waals surface area contributed by atoms with Crippen LogP contribution in [0.25, 0.3) is 0 Å². The van der Waals surface area contributed by atoms with Gasteiger partial charge in [-0.15, -0.1) is 0 Å². The van der Waals surface area contributed by atoms with Crippen molar-refractivity contribution in [2.24, 2.45) is 0 Å². The summed E-state index contributed by atoms with van der Waals surface area (Å²) < 4.78 is 1.64. The summed E-state index contributed by atoms with van der Waals surface area (Å²) in [4.78, 5) is 14.1. The van der Waals surface area contributed by atoms with Crippen LogP contribution < -0.4 is 5.73 Å². The highest BCUT2D eigenvalue weighted by Gasteiger charge is 2.19. The summed E-state index contributed by atoms with van der Waals surface area (Å²) in [5.41, 5.74) is 8.06. The summed E-state index contributed by atoms with van der Waals surface area (Å²) in [6.45, 7) is 3.27. The Hall–Kier alpha value is -2.30. The van der Waals surface area contributed by atoms with Gasteiger partial charge in [0, 0.05) is 20.1 Å². The van der Waals surface area contributed by atoms with E-state index in [4.69, 9.17) is 5.73 Å². The Bertz CT molecular complexity index is 592. The Kier molecular flexibility index (Phi) is 4.98. The first-order valence-electron chi connectivity index (χ1n) is 7.24. The monoisotopic (exact) mass is 286 g/mol. The molecule has 0 atom stereocenters. The predicted octanol–water partition coefficient (Wildman–Crippen LogP) is 2.19. The number of hydrogen-bond acceptors (Lipinski definition) is 3. The van der Waals surface area contributed by atoms with Crippen LogP contribution in [0.4, 0.5) is 5.69 Å². The zero-order valence-corrected chi connectivity index (χ0v) is 12.6. The average molecular weight is 286 g/mol. The van der Waals surface area contributed by atoms with Crippen molar-refractivity contribution in [1.29, 1.82) is 0 Å². The second kappa shape index (κ2) is 6.92. The van der Waals surface area contributed by atoms with Crippen molar-refractivity contribution in [3.63, 3.8) is 0 Å². The molecule has 5 heteroatoms. The fraction of sp³-hybridized carbons (Fsp3) is 0.375. The summed E-state index contributed by atoms with van der Waals surface area (Å²) >= 11 is 0. The number of nitrogens with two attached hydrogens (primary N) is 1.